The predicted molar refractivity (Wildman–Crippen MR) is 62.6 cm³/mol. The Morgan fingerprint density at radius 3 is 2.71 bits per heavy atom. The van der Waals surface area contributed by atoms with Crippen molar-refractivity contribution in [1.29, 1.82) is 0 Å². The molecule has 0 radical (unpaired) electrons. The van der Waals surface area contributed by atoms with Crippen molar-refractivity contribution in [3.63, 3.8) is 0 Å². The molecule has 0 atom stereocenters. The lowest BCUT2D eigenvalue weighted by Gasteiger charge is -2.23. The second-order valence-electron chi connectivity index (χ2n) is 3.68. The van der Waals surface area contributed by atoms with Crippen LogP contribution in [-0.4, -0.2) is 18.0 Å². The number of amides is 1. The van der Waals surface area contributed by atoms with Crippen molar-refractivity contribution in [3.05, 3.63) is 20.8 Å². The summed E-state index contributed by atoms with van der Waals surface area (Å²) in [5, 5.41) is 6.55. The van der Waals surface area contributed by atoms with E-state index in [0.29, 0.717) is 12.1 Å². The van der Waals surface area contributed by atoms with Crippen molar-refractivity contribution in [1.82, 2.24) is 5.32 Å². The van der Waals surface area contributed by atoms with Crippen LogP contribution in [0.3, 0.4) is 0 Å². The molecule has 0 aliphatic rings. The van der Waals surface area contributed by atoms with Gasteiger partial charge in [-0.05, 0) is 29.8 Å². The summed E-state index contributed by atoms with van der Waals surface area (Å²) < 4.78 is 0.827. The molecular weight excluding hydrogens is 264 g/mol. The third-order valence-electron chi connectivity index (χ3n) is 1.82. The van der Waals surface area contributed by atoms with Crippen molar-refractivity contribution < 1.29 is 4.79 Å². The second kappa shape index (κ2) is 4.42. The fourth-order valence-electron chi connectivity index (χ4n) is 0.869. The zero-order valence-corrected chi connectivity index (χ0v) is 10.5. The molecule has 0 aromatic carbocycles. The fourth-order valence-corrected chi connectivity index (χ4v) is 2.32. The molecule has 1 aromatic rings. The maximum absolute atomic E-state index is 11.7. The standard InChI is InChI=1S/C9H13BrN2OS/c1-9(2,5-11)12-8(13)6-3-14-4-7(6)10/h3-4H,5,11H2,1-2H3,(H,12,13). The van der Waals surface area contributed by atoms with Gasteiger partial charge in [-0.25, -0.2) is 0 Å². The number of hydrogen-bond donors (Lipinski definition) is 2. The van der Waals surface area contributed by atoms with E-state index >= 15 is 0 Å². The van der Waals surface area contributed by atoms with Crippen molar-refractivity contribution >= 4 is 33.2 Å². The molecule has 1 heterocycles. The highest BCUT2D eigenvalue weighted by Gasteiger charge is 2.20. The predicted octanol–water partition coefficient (Wildman–Crippen LogP) is 1.98. The zero-order chi connectivity index (χ0) is 10.8. The molecule has 0 aliphatic heterocycles. The van der Waals surface area contributed by atoms with Crippen LogP contribution in [0, 0.1) is 0 Å². The Hall–Kier alpha value is -0.390. The highest BCUT2D eigenvalue weighted by molar-refractivity contribution is 9.10. The van der Waals surface area contributed by atoms with Gasteiger partial charge >= 0.3 is 0 Å². The third-order valence-corrected chi connectivity index (χ3v) is 3.52. The molecule has 1 amide bonds. The van der Waals surface area contributed by atoms with Crippen LogP contribution in [0.1, 0.15) is 24.2 Å². The molecule has 5 heteroatoms. The minimum absolute atomic E-state index is 0.0893. The van der Waals surface area contributed by atoms with E-state index in [9.17, 15) is 4.79 Å². The number of hydrogen-bond acceptors (Lipinski definition) is 3. The Kier molecular flexibility index (Phi) is 3.69. The smallest absolute Gasteiger partial charge is 0.253 e. The lowest BCUT2D eigenvalue weighted by atomic mass is 10.1. The number of thiophene rings is 1. The van der Waals surface area contributed by atoms with E-state index in [0.717, 1.165) is 4.47 Å². The minimum Gasteiger partial charge on any atom is -0.346 e. The summed E-state index contributed by atoms with van der Waals surface area (Å²) in [6, 6.07) is 0. The number of carbonyl (C=O) groups excluding carboxylic acids is 1. The van der Waals surface area contributed by atoms with Crippen LogP contribution in [0.4, 0.5) is 0 Å². The Morgan fingerprint density at radius 1 is 1.64 bits per heavy atom. The molecule has 0 spiro atoms. The Balaban J connectivity index is 2.73. The molecular formula is C9H13BrN2OS. The lowest BCUT2D eigenvalue weighted by molar-refractivity contribution is 0.0915. The largest absolute Gasteiger partial charge is 0.346 e. The molecule has 0 bridgehead atoms. The van der Waals surface area contributed by atoms with Crippen molar-refractivity contribution in [2.75, 3.05) is 6.54 Å². The molecule has 3 nitrogen and oxygen atoms in total. The Labute approximate surface area is 95.8 Å². The van der Waals surface area contributed by atoms with Gasteiger partial charge in [0, 0.05) is 27.3 Å². The third kappa shape index (κ3) is 2.80. The normalized spacial score (nSPS) is 11.4. The number of carbonyl (C=O) groups is 1. The first-order chi connectivity index (χ1) is 6.46. The summed E-state index contributed by atoms with van der Waals surface area (Å²) in [4.78, 5) is 11.7. The quantitative estimate of drug-likeness (QED) is 0.887. The maximum Gasteiger partial charge on any atom is 0.253 e. The van der Waals surface area contributed by atoms with E-state index < -0.39 is 0 Å². The number of nitrogens with one attached hydrogen (secondary N) is 1. The lowest BCUT2D eigenvalue weighted by Crippen LogP contribution is -2.48. The van der Waals surface area contributed by atoms with Gasteiger partial charge in [0.1, 0.15) is 0 Å². The van der Waals surface area contributed by atoms with Gasteiger partial charge in [0.2, 0.25) is 0 Å². The van der Waals surface area contributed by atoms with Gasteiger partial charge in [-0.2, -0.15) is 11.3 Å². The SMILES string of the molecule is CC(C)(CN)NC(=O)c1cscc1Br. The van der Waals surface area contributed by atoms with Gasteiger partial charge in [0.05, 0.1) is 5.56 Å². The molecule has 14 heavy (non-hydrogen) atoms. The van der Waals surface area contributed by atoms with Gasteiger partial charge < -0.3 is 11.1 Å². The van der Waals surface area contributed by atoms with Crippen LogP contribution in [0.5, 0.6) is 0 Å². The van der Waals surface area contributed by atoms with Crippen molar-refractivity contribution in [2.24, 2.45) is 5.73 Å². The number of rotatable bonds is 3. The van der Waals surface area contributed by atoms with Crippen molar-refractivity contribution in [2.45, 2.75) is 19.4 Å². The van der Waals surface area contributed by atoms with Crippen LogP contribution in [0.15, 0.2) is 15.2 Å². The highest BCUT2D eigenvalue weighted by atomic mass is 79.9. The second-order valence-corrected chi connectivity index (χ2v) is 5.27. The molecule has 0 saturated heterocycles. The van der Waals surface area contributed by atoms with Gasteiger partial charge in [-0.1, -0.05) is 0 Å². The molecule has 0 fully saturated rings. The summed E-state index contributed by atoms with van der Waals surface area (Å²) in [5.74, 6) is -0.0893. The van der Waals surface area contributed by atoms with Gasteiger partial charge in [-0.15, -0.1) is 0 Å². The topological polar surface area (TPSA) is 55.1 Å². The first kappa shape index (κ1) is 11.7. The summed E-state index contributed by atoms with van der Waals surface area (Å²) in [6.07, 6.45) is 0. The van der Waals surface area contributed by atoms with Crippen LogP contribution in [0.2, 0.25) is 0 Å². The van der Waals surface area contributed by atoms with Crippen LogP contribution in [0.25, 0.3) is 0 Å². The summed E-state index contributed by atoms with van der Waals surface area (Å²) >= 11 is 4.80. The first-order valence-corrected chi connectivity index (χ1v) is 5.94. The summed E-state index contributed by atoms with van der Waals surface area (Å²) in [6.45, 7) is 4.21. The monoisotopic (exact) mass is 276 g/mol. The van der Waals surface area contributed by atoms with Gasteiger partial charge in [-0.3, -0.25) is 4.79 Å². The average Bonchev–Trinajstić information content (AvgIpc) is 2.51. The van der Waals surface area contributed by atoms with Crippen LogP contribution >= 0.6 is 27.3 Å². The molecule has 0 aliphatic carbocycles. The molecule has 78 valence electrons. The van der Waals surface area contributed by atoms with E-state index in [2.05, 4.69) is 21.2 Å². The summed E-state index contributed by atoms with van der Waals surface area (Å²) in [7, 11) is 0. The molecule has 0 saturated carbocycles. The maximum atomic E-state index is 11.7. The van der Waals surface area contributed by atoms with E-state index in [1.54, 1.807) is 0 Å². The highest BCUT2D eigenvalue weighted by Crippen LogP contribution is 2.21. The van der Waals surface area contributed by atoms with Gasteiger partial charge in [0.15, 0.2) is 0 Å². The number of nitrogens with two attached hydrogens (primary N) is 1. The van der Waals surface area contributed by atoms with Crippen LogP contribution < -0.4 is 11.1 Å². The molecule has 1 aromatic heterocycles. The Bertz CT molecular complexity index is 335. The molecule has 0 unspecified atom stereocenters. The zero-order valence-electron chi connectivity index (χ0n) is 8.13. The van der Waals surface area contributed by atoms with E-state index in [-0.39, 0.29) is 11.4 Å². The van der Waals surface area contributed by atoms with Gasteiger partial charge in [0.25, 0.3) is 5.91 Å². The Morgan fingerprint density at radius 2 is 2.29 bits per heavy atom. The van der Waals surface area contributed by atoms with Crippen molar-refractivity contribution in [3.8, 4) is 0 Å². The summed E-state index contributed by atoms with van der Waals surface area (Å²) in [5.41, 5.74) is 5.82. The average molecular weight is 277 g/mol. The van der Waals surface area contributed by atoms with Crippen LogP contribution in [-0.2, 0) is 0 Å². The minimum atomic E-state index is -0.363. The fraction of sp³-hybridized carbons (Fsp3) is 0.444. The molecule has 1 rings (SSSR count). The van der Waals surface area contributed by atoms with E-state index in [4.69, 9.17) is 5.73 Å². The van der Waals surface area contributed by atoms with E-state index in [1.807, 2.05) is 24.6 Å². The number of halogens is 1. The first-order valence-electron chi connectivity index (χ1n) is 4.20. The van der Waals surface area contributed by atoms with E-state index in [1.165, 1.54) is 11.3 Å². The molecule has 3 N–H and O–H groups in total.